The fourth-order valence-corrected chi connectivity index (χ4v) is 3.02. The van der Waals surface area contributed by atoms with Gasteiger partial charge in [-0.2, -0.15) is 0 Å². The Bertz CT molecular complexity index is 755. The molecule has 2 aromatic carbocycles. The van der Waals surface area contributed by atoms with Gasteiger partial charge in [-0.25, -0.2) is 0 Å². The summed E-state index contributed by atoms with van der Waals surface area (Å²) in [5.74, 6) is 0.634. The standard InChI is InChI=1S/C22H24N2/c1-17-13-19(15-23-21-9-5-3-6-10-21)18(2)20(14-17)16-24-22-11-7-4-8-12-22/h3-12,15-17,23H,13-14H2,1-2H3/t17-/m1/s1. The third kappa shape index (κ3) is 4.23. The minimum atomic E-state index is 0.634. The van der Waals surface area contributed by atoms with Gasteiger partial charge in [0.2, 0.25) is 0 Å². The van der Waals surface area contributed by atoms with E-state index in [0.717, 1.165) is 24.2 Å². The lowest BCUT2D eigenvalue weighted by Crippen LogP contribution is -2.11. The van der Waals surface area contributed by atoms with Crippen molar-refractivity contribution in [3.05, 3.63) is 83.6 Å². The zero-order valence-corrected chi connectivity index (χ0v) is 14.4. The first-order valence-electron chi connectivity index (χ1n) is 8.52. The summed E-state index contributed by atoms with van der Waals surface area (Å²) in [4.78, 5) is 4.64. The third-order valence-electron chi connectivity index (χ3n) is 4.41. The largest absolute Gasteiger partial charge is 0.361 e. The van der Waals surface area contributed by atoms with Gasteiger partial charge in [-0.3, -0.25) is 4.99 Å². The van der Waals surface area contributed by atoms with Crippen molar-refractivity contribution in [2.75, 3.05) is 5.32 Å². The molecule has 2 aromatic rings. The number of para-hydroxylation sites is 2. The first-order chi connectivity index (χ1) is 11.7. The van der Waals surface area contributed by atoms with Crippen LogP contribution in [-0.2, 0) is 0 Å². The molecule has 0 unspecified atom stereocenters. The summed E-state index contributed by atoms with van der Waals surface area (Å²) in [7, 11) is 0. The van der Waals surface area contributed by atoms with Gasteiger partial charge >= 0.3 is 0 Å². The molecular weight excluding hydrogens is 292 g/mol. The second-order valence-corrected chi connectivity index (χ2v) is 6.44. The number of hydrogen-bond acceptors (Lipinski definition) is 2. The molecule has 0 saturated carbocycles. The molecule has 1 aliphatic rings. The molecule has 1 aliphatic carbocycles. The summed E-state index contributed by atoms with van der Waals surface area (Å²) in [5, 5.41) is 3.42. The Morgan fingerprint density at radius 3 is 2.33 bits per heavy atom. The number of anilines is 1. The fourth-order valence-electron chi connectivity index (χ4n) is 3.02. The molecule has 0 bridgehead atoms. The molecule has 0 saturated heterocycles. The molecule has 24 heavy (non-hydrogen) atoms. The molecule has 1 atom stereocenters. The maximum absolute atomic E-state index is 4.64. The number of nitrogens with one attached hydrogen (secondary N) is 1. The molecule has 2 heteroatoms. The van der Waals surface area contributed by atoms with Gasteiger partial charge in [0.05, 0.1) is 5.69 Å². The smallest absolute Gasteiger partial charge is 0.0629 e. The van der Waals surface area contributed by atoms with Crippen LogP contribution in [0.3, 0.4) is 0 Å². The highest BCUT2D eigenvalue weighted by Crippen LogP contribution is 2.32. The van der Waals surface area contributed by atoms with Gasteiger partial charge in [-0.15, -0.1) is 0 Å². The Morgan fingerprint density at radius 1 is 0.958 bits per heavy atom. The summed E-state index contributed by atoms with van der Waals surface area (Å²) >= 11 is 0. The van der Waals surface area contributed by atoms with Crippen molar-refractivity contribution >= 4 is 17.6 Å². The van der Waals surface area contributed by atoms with Gasteiger partial charge in [0, 0.05) is 18.1 Å². The fraction of sp³-hybridized carbons (Fsp3) is 0.227. The van der Waals surface area contributed by atoms with E-state index in [0.29, 0.717) is 5.92 Å². The maximum Gasteiger partial charge on any atom is 0.0629 e. The second kappa shape index (κ2) is 7.78. The van der Waals surface area contributed by atoms with Crippen LogP contribution in [-0.4, -0.2) is 6.21 Å². The lowest BCUT2D eigenvalue weighted by Gasteiger charge is -2.24. The van der Waals surface area contributed by atoms with Crippen LogP contribution >= 0.6 is 0 Å². The average Bonchev–Trinajstić information content (AvgIpc) is 2.62. The van der Waals surface area contributed by atoms with Gasteiger partial charge in [-0.05, 0) is 66.7 Å². The quantitative estimate of drug-likeness (QED) is 0.674. The Labute approximate surface area is 144 Å². The van der Waals surface area contributed by atoms with E-state index in [1.807, 2.05) is 54.7 Å². The Balaban J connectivity index is 1.81. The molecule has 2 nitrogen and oxygen atoms in total. The van der Waals surface area contributed by atoms with Crippen molar-refractivity contribution in [1.82, 2.24) is 0 Å². The summed E-state index contributed by atoms with van der Waals surface area (Å²) in [5.41, 5.74) is 6.17. The van der Waals surface area contributed by atoms with E-state index in [9.17, 15) is 0 Å². The van der Waals surface area contributed by atoms with E-state index in [2.05, 4.69) is 42.5 Å². The number of rotatable bonds is 4. The van der Waals surface area contributed by atoms with E-state index in [-0.39, 0.29) is 0 Å². The molecule has 0 aliphatic heterocycles. The summed E-state index contributed by atoms with van der Waals surface area (Å²) in [6.45, 7) is 4.51. The van der Waals surface area contributed by atoms with Gasteiger partial charge in [0.25, 0.3) is 0 Å². The summed E-state index contributed by atoms with van der Waals surface area (Å²) < 4.78 is 0. The molecule has 3 rings (SSSR count). The second-order valence-electron chi connectivity index (χ2n) is 6.44. The minimum absolute atomic E-state index is 0.634. The minimum Gasteiger partial charge on any atom is -0.361 e. The molecular formula is C22H24N2. The van der Waals surface area contributed by atoms with Crippen molar-refractivity contribution in [1.29, 1.82) is 0 Å². The lowest BCUT2D eigenvalue weighted by atomic mass is 9.82. The van der Waals surface area contributed by atoms with Crippen LogP contribution < -0.4 is 5.32 Å². The predicted molar refractivity (Wildman–Crippen MR) is 104 cm³/mol. The van der Waals surface area contributed by atoms with Crippen molar-refractivity contribution in [3.8, 4) is 0 Å². The maximum atomic E-state index is 4.64. The molecule has 0 amide bonds. The van der Waals surface area contributed by atoms with Crippen LogP contribution in [0.4, 0.5) is 11.4 Å². The topological polar surface area (TPSA) is 24.4 Å². The first-order valence-corrected chi connectivity index (χ1v) is 8.52. The van der Waals surface area contributed by atoms with Gasteiger partial charge in [-0.1, -0.05) is 43.3 Å². The molecule has 122 valence electrons. The molecule has 1 N–H and O–H groups in total. The zero-order valence-electron chi connectivity index (χ0n) is 14.4. The van der Waals surface area contributed by atoms with Crippen LogP contribution in [0, 0.1) is 5.92 Å². The van der Waals surface area contributed by atoms with Gasteiger partial charge < -0.3 is 5.32 Å². The monoisotopic (exact) mass is 316 g/mol. The zero-order chi connectivity index (χ0) is 16.8. The van der Waals surface area contributed by atoms with Gasteiger partial charge in [0.15, 0.2) is 0 Å². The van der Waals surface area contributed by atoms with Crippen molar-refractivity contribution in [2.45, 2.75) is 26.7 Å². The highest BCUT2D eigenvalue weighted by atomic mass is 14.8. The van der Waals surface area contributed by atoms with Crippen LogP contribution in [0.1, 0.15) is 26.7 Å². The molecule has 0 spiro atoms. The van der Waals surface area contributed by atoms with E-state index < -0.39 is 0 Å². The third-order valence-corrected chi connectivity index (χ3v) is 4.41. The number of benzene rings is 2. The Kier molecular flexibility index (Phi) is 5.27. The highest BCUT2D eigenvalue weighted by molar-refractivity contribution is 5.83. The number of aliphatic imine (C=N–C) groups is 1. The van der Waals surface area contributed by atoms with Crippen LogP contribution in [0.15, 0.2) is 88.6 Å². The van der Waals surface area contributed by atoms with Crippen molar-refractivity contribution in [3.63, 3.8) is 0 Å². The number of allylic oxidation sites excluding steroid dienone is 3. The highest BCUT2D eigenvalue weighted by Gasteiger charge is 2.18. The SMILES string of the molecule is CC1=C(C=Nc2ccccc2)C[C@H](C)CC1=CNc1ccccc1. The van der Waals surface area contributed by atoms with E-state index in [4.69, 9.17) is 0 Å². The molecule has 0 fully saturated rings. The first kappa shape index (κ1) is 16.3. The van der Waals surface area contributed by atoms with Crippen LogP contribution in [0.2, 0.25) is 0 Å². The number of nitrogens with zero attached hydrogens (tertiary/aromatic N) is 1. The molecule has 0 heterocycles. The molecule has 0 aromatic heterocycles. The molecule has 0 radical (unpaired) electrons. The van der Waals surface area contributed by atoms with Crippen LogP contribution in [0.5, 0.6) is 0 Å². The summed E-state index contributed by atoms with van der Waals surface area (Å²) in [6.07, 6.45) is 6.38. The predicted octanol–water partition coefficient (Wildman–Crippen LogP) is 6.13. The van der Waals surface area contributed by atoms with Gasteiger partial charge in [0.1, 0.15) is 0 Å². The average molecular weight is 316 g/mol. The summed E-state index contributed by atoms with van der Waals surface area (Å²) in [6, 6.07) is 20.4. The van der Waals surface area contributed by atoms with E-state index in [1.165, 1.54) is 16.7 Å². The van der Waals surface area contributed by atoms with Crippen LogP contribution in [0.25, 0.3) is 0 Å². The van der Waals surface area contributed by atoms with E-state index in [1.54, 1.807) is 0 Å². The Morgan fingerprint density at radius 2 is 1.62 bits per heavy atom. The Hall–Kier alpha value is -2.61. The van der Waals surface area contributed by atoms with E-state index >= 15 is 0 Å². The lowest BCUT2D eigenvalue weighted by molar-refractivity contribution is 0.562. The normalized spacial score (nSPS) is 19.9. The number of hydrogen-bond donors (Lipinski definition) is 1. The van der Waals surface area contributed by atoms with Crippen molar-refractivity contribution < 1.29 is 0 Å². The van der Waals surface area contributed by atoms with Crippen molar-refractivity contribution in [2.24, 2.45) is 10.9 Å².